The number of hydrogen-bond donors (Lipinski definition) is 0. The summed E-state index contributed by atoms with van der Waals surface area (Å²) in [4.78, 5) is 25.0. The van der Waals surface area contributed by atoms with Gasteiger partial charge in [0.2, 0.25) is 0 Å². The van der Waals surface area contributed by atoms with Crippen molar-refractivity contribution in [1.29, 1.82) is 0 Å². The molecule has 0 aliphatic carbocycles. The Morgan fingerprint density at radius 3 is 2.87 bits per heavy atom. The number of aromatic nitrogens is 2. The van der Waals surface area contributed by atoms with Crippen molar-refractivity contribution >= 4 is 23.7 Å². The van der Waals surface area contributed by atoms with Gasteiger partial charge in [-0.2, -0.15) is 0 Å². The Labute approximate surface area is 142 Å². The molecule has 128 valence electrons. The number of nitrogens with zero attached hydrogens (tertiary/aromatic N) is 4. The van der Waals surface area contributed by atoms with Crippen molar-refractivity contribution in [2.75, 3.05) is 31.3 Å². The Balaban J connectivity index is 2.03. The van der Waals surface area contributed by atoms with E-state index in [-0.39, 0.29) is 12.1 Å². The van der Waals surface area contributed by atoms with Crippen LogP contribution < -0.4 is 4.90 Å². The summed E-state index contributed by atoms with van der Waals surface area (Å²) in [6, 6.07) is 2.06. The van der Waals surface area contributed by atoms with E-state index in [2.05, 4.69) is 14.9 Å². The maximum atomic E-state index is 12.3. The zero-order valence-corrected chi connectivity index (χ0v) is 15.4. The van der Waals surface area contributed by atoms with Crippen LogP contribution >= 0.6 is 11.8 Å². The molecule has 0 bridgehead atoms. The van der Waals surface area contributed by atoms with Gasteiger partial charge in [-0.3, -0.25) is 0 Å². The number of hydrogen-bond acceptors (Lipinski definition) is 6. The van der Waals surface area contributed by atoms with E-state index in [0.717, 1.165) is 36.9 Å². The molecule has 1 saturated heterocycles. The predicted octanol–water partition coefficient (Wildman–Crippen LogP) is 3.03. The molecule has 1 atom stereocenters. The third-order valence-electron chi connectivity index (χ3n) is 3.75. The highest BCUT2D eigenvalue weighted by atomic mass is 32.2. The minimum atomic E-state index is -0.473. The van der Waals surface area contributed by atoms with Crippen molar-refractivity contribution in [2.45, 2.75) is 50.4 Å². The summed E-state index contributed by atoms with van der Waals surface area (Å²) in [5.41, 5.74) is -0.473. The lowest BCUT2D eigenvalue weighted by molar-refractivity contribution is 0.0209. The number of ether oxygens (including phenoxy) is 1. The Kier molecular flexibility index (Phi) is 5.73. The Bertz CT molecular complexity index is 547. The molecule has 23 heavy (non-hydrogen) atoms. The first-order chi connectivity index (χ1) is 10.8. The largest absolute Gasteiger partial charge is 0.444 e. The number of thioether (sulfide) groups is 1. The molecule has 0 unspecified atom stereocenters. The van der Waals surface area contributed by atoms with Crippen molar-refractivity contribution in [2.24, 2.45) is 0 Å². The number of amides is 1. The topological polar surface area (TPSA) is 58.6 Å². The maximum absolute atomic E-state index is 12.3. The molecule has 0 spiro atoms. The normalized spacial score (nSPS) is 18.7. The summed E-state index contributed by atoms with van der Waals surface area (Å²) in [6.45, 7) is 7.37. The van der Waals surface area contributed by atoms with Crippen molar-refractivity contribution in [3.05, 3.63) is 12.3 Å². The summed E-state index contributed by atoms with van der Waals surface area (Å²) < 4.78 is 5.47. The first kappa shape index (κ1) is 17.8. The van der Waals surface area contributed by atoms with Gasteiger partial charge in [-0.1, -0.05) is 11.8 Å². The van der Waals surface area contributed by atoms with Crippen LogP contribution in [0, 0.1) is 0 Å². The molecule has 2 heterocycles. The van der Waals surface area contributed by atoms with E-state index in [4.69, 9.17) is 4.74 Å². The Morgan fingerprint density at radius 1 is 1.48 bits per heavy atom. The third-order valence-corrected chi connectivity index (χ3v) is 4.31. The molecule has 0 radical (unpaired) electrons. The van der Waals surface area contributed by atoms with Crippen LogP contribution in [0.4, 0.5) is 10.6 Å². The zero-order chi connectivity index (χ0) is 17.0. The van der Waals surface area contributed by atoms with Gasteiger partial charge in [0.15, 0.2) is 5.16 Å². The first-order valence-corrected chi connectivity index (χ1v) is 9.10. The van der Waals surface area contributed by atoms with Gasteiger partial charge >= 0.3 is 6.09 Å². The molecule has 1 aromatic rings. The predicted molar refractivity (Wildman–Crippen MR) is 93.0 cm³/mol. The molecule has 0 aromatic carbocycles. The van der Waals surface area contributed by atoms with Gasteiger partial charge in [0, 0.05) is 26.3 Å². The van der Waals surface area contributed by atoms with Crippen LogP contribution in [0.5, 0.6) is 0 Å². The van der Waals surface area contributed by atoms with Crippen LogP contribution in [0.25, 0.3) is 0 Å². The van der Waals surface area contributed by atoms with Gasteiger partial charge < -0.3 is 14.5 Å². The molecule has 6 nitrogen and oxygen atoms in total. The molecule has 1 aliphatic heterocycles. The summed E-state index contributed by atoms with van der Waals surface area (Å²) in [7, 11) is 1.82. The SMILES string of the molecule is CSc1nccc(N2CCC[C@H](N(C)C(=O)OC(C)(C)C)C2)n1. The zero-order valence-electron chi connectivity index (χ0n) is 14.6. The van der Waals surface area contributed by atoms with E-state index in [9.17, 15) is 4.79 Å². The molecule has 1 amide bonds. The van der Waals surface area contributed by atoms with Crippen LogP contribution in [0.3, 0.4) is 0 Å². The minimum absolute atomic E-state index is 0.131. The maximum Gasteiger partial charge on any atom is 0.410 e. The van der Waals surface area contributed by atoms with E-state index in [1.54, 1.807) is 11.1 Å². The molecule has 1 aliphatic rings. The van der Waals surface area contributed by atoms with Gasteiger partial charge in [-0.15, -0.1) is 0 Å². The highest BCUT2D eigenvalue weighted by Crippen LogP contribution is 2.22. The van der Waals surface area contributed by atoms with E-state index in [0.29, 0.717) is 0 Å². The second-order valence-corrected chi connectivity index (χ2v) is 7.51. The lowest BCUT2D eigenvalue weighted by Crippen LogP contribution is -2.50. The molecular weight excluding hydrogens is 312 g/mol. The van der Waals surface area contributed by atoms with Gasteiger partial charge in [0.25, 0.3) is 0 Å². The van der Waals surface area contributed by atoms with Gasteiger partial charge in [0.1, 0.15) is 11.4 Å². The lowest BCUT2D eigenvalue weighted by Gasteiger charge is -2.38. The van der Waals surface area contributed by atoms with Gasteiger partial charge in [-0.05, 0) is 45.9 Å². The number of rotatable bonds is 3. The molecule has 2 rings (SSSR count). The number of likely N-dealkylation sites (N-methyl/N-ethyl adjacent to an activating group) is 1. The average molecular weight is 338 g/mol. The standard InChI is InChI=1S/C16H26N4O2S/c1-16(2,3)22-15(21)19(4)12-7-6-10-20(11-12)13-8-9-17-14(18-13)23-5/h8-9,12H,6-7,10-11H2,1-5H3/t12-/m0/s1. The van der Waals surface area contributed by atoms with E-state index >= 15 is 0 Å². The van der Waals surface area contributed by atoms with Gasteiger partial charge in [0.05, 0.1) is 6.04 Å². The summed E-state index contributed by atoms with van der Waals surface area (Å²) >= 11 is 1.53. The first-order valence-electron chi connectivity index (χ1n) is 7.88. The third kappa shape index (κ3) is 4.99. The molecule has 1 aromatic heterocycles. The smallest absolute Gasteiger partial charge is 0.410 e. The molecular formula is C16H26N4O2S. The fourth-order valence-corrected chi connectivity index (χ4v) is 2.92. The number of carbonyl (C=O) groups excluding carboxylic acids is 1. The van der Waals surface area contributed by atoms with E-state index in [1.165, 1.54) is 11.8 Å². The van der Waals surface area contributed by atoms with Crippen LogP contribution in [0.15, 0.2) is 17.4 Å². The highest BCUT2D eigenvalue weighted by Gasteiger charge is 2.29. The minimum Gasteiger partial charge on any atom is -0.444 e. The van der Waals surface area contributed by atoms with E-state index < -0.39 is 5.60 Å². The quantitative estimate of drug-likeness (QED) is 0.624. The number of anilines is 1. The van der Waals surface area contributed by atoms with Crippen molar-refractivity contribution in [3.8, 4) is 0 Å². The monoisotopic (exact) mass is 338 g/mol. The fraction of sp³-hybridized carbons (Fsp3) is 0.688. The second kappa shape index (κ2) is 7.38. The average Bonchev–Trinajstić information content (AvgIpc) is 2.52. The van der Waals surface area contributed by atoms with Crippen LogP contribution in [0.2, 0.25) is 0 Å². The van der Waals surface area contributed by atoms with E-state index in [1.807, 2.05) is 40.1 Å². The van der Waals surface area contributed by atoms with Crippen LogP contribution in [-0.2, 0) is 4.74 Å². The summed E-state index contributed by atoms with van der Waals surface area (Å²) in [6.07, 6.45) is 5.49. The van der Waals surface area contributed by atoms with Crippen molar-refractivity contribution < 1.29 is 9.53 Å². The van der Waals surface area contributed by atoms with Crippen molar-refractivity contribution in [1.82, 2.24) is 14.9 Å². The second-order valence-electron chi connectivity index (χ2n) is 6.73. The summed E-state index contributed by atoms with van der Waals surface area (Å²) in [5, 5.41) is 0.769. The number of carbonyl (C=O) groups is 1. The molecule has 1 fully saturated rings. The Morgan fingerprint density at radius 2 is 2.22 bits per heavy atom. The van der Waals surface area contributed by atoms with Crippen LogP contribution in [0.1, 0.15) is 33.6 Å². The molecule has 0 saturated carbocycles. The molecule has 0 N–H and O–H groups in total. The van der Waals surface area contributed by atoms with Gasteiger partial charge in [-0.25, -0.2) is 14.8 Å². The van der Waals surface area contributed by atoms with Crippen molar-refractivity contribution in [3.63, 3.8) is 0 Å². The van der Waals surface area contributed by atoms with Crippen LogP contribution in [-0.4, -0.2) is 59.0 Å². The Hall–Kier alpha value is -1.50. The molecule has 7 heteroatoms. The highest BCUT2D eigenvalue weighted by molar-refractivity contribution is 7.98. The fourth-order valence-electron chi connectivity index (χ4n) is 2.57. The number of piperidine rings is 1. The lowest BCUT2D eigenvalue weighted by atomic mass is 10.0. The summed E-state index contributed by atoms with van der Waals surface area (Å²) in [5.74, 6) is 0.923.